The smallest absolute Gasteiger partial charge is 0.323 e. The van der Waals surface area contributed by atoms with Gasteiger partial charge in [-0.1, -0.05) is 78.9 Å². The van der Waals surface area contributed by atoms with E-state index in [1.807, 2.05) is 66.7 Å². The Morgan fingerprint density at radius 3 is 2.21 bits per heavy atom. The zero-order valence-corrected chi connectivity index (χ0v) is 16.2. The number of carbonyl (C=O) groups is 1. The summed E-state index contributed by atoms with van der Waals surface area (Å²) in [5.41, 5.74) is 11.6. The lowest BCUT2D eigenvalue weighted by atomic mass is 9.99. The van der Waals surface area contributed by atoms with Crippen LogP contribution in [-0.4, -0.2) is 17.0 Å². The van der Waals surface area contributed by atoms with Crippen molar-refractivity contribution in [3.05, 3.63) is 107 Å². The molecule has 29 heavy (non-hydrogen) atoms. The average molecular weight is 384 g/mol. The van der Waals surface area contributed by atoms with Crippen LogP contribution in [0.1, 0.15) is 22.4 Å². The van der Waals surface area contributed by atoms with Crippen LogP contribution in [0.25, 0.3) is 10.9 Å². The van der Waals surface area contributed by atoms with Gasteiger partial charge in [0.15, 0.2) is 0 Å². The Morgan fingerprint density at radius 1 is 0.862 bits per heavy atom. The Morgan fingerprint density at radius 2 is 1.48 bits per heavy atom. The third-order valence-corrected chi connectivity index (χ3v) is 5.08. The molecular weight excluding hydrogens is 360 g/mol. The van der Waals surface area contributed by atoms with E-state index >= 15 is 0 Å². The molecule has 0 bridgehead atoms. The van der Waals surface area contributed by atoms with Crippen molar-refractivity contribution in [1.82, 2.24) is 4.98 Å². The van der Waals surface area contributed by atoms with Gasteiger partial charge in [0, 0.05) is 29.4 Å². The fraction of sp³-hybridized carbons (Fsp3) is 0.160. The number of aromatic nitrogens is 1. The summed E-state index contributed by atoms with van der Waals surface area (Å²) in [4.78, 5) is 16.0. The number of aromatic amines is 1. The monoisotopic (exact) mass is 384 g/mol. The Hall–Kier alpha value is -3.37. The number of benzene rings is 3. The molecule has 3 aromatic carbocycles. The van der Waals surface area contributed by atoms with Gasteiger partial charge in [0.25, 0.3) is 0 Å². The van der Waals surface area contributed by atoms with E-state index in [-0.39, 0.29) is 12.6 Å². The summed E-state index contributed by atoms with van der Waals surface area (Å²) >= 11 is 0. The molecule has 4 heteroatoms. The van der Waals surface area contributed by atoms with E-state index < -0.39 is 6.04 Å². The minimum Gasteiger partial charge on any atom is -0.460 e. The van der Waals surface area contributed by atoms with Crippen LogP contribution in [0.15, 0.2) is 84.9 Å². The number of H-pyrrole nitrogens is 1. The molecule has 146 valence electrons. The van der Waals surface area contributed by atoms with Crippen molar-refractivity contribution >= 4 is 16.9 Å². The molecule has 0 amide bonds. The lowest BCUT2D eigenvalue weighted by molar-refractivity contribution is -0.146. The van der Waals surface area contributed by atoms with Gasteiger partial charge in [-0.05, 0) is 22.8 Å². The van der Waals surface area contributed by atoms with Crippen LogP contribution in [0.4, 0.5) is 0 Å². The molecule has 0 radical (unpaired) electrons. The molecule has 3 N–H and O–H groups in total. The molecule has 0 saturated carbocycles. The van der Waals surface area contributed by atoms with Crippen molar-refractivity contribution in [3.8, 4) is 0 Å². The Kier molecular flexibility index (Phi) is 5.73. The molecule has 0 aliphatic heterocycles. The Balaban J connectivity index is 1.52. The zero-order chi connectivity index (χ0) is 20.1. The van der Waals surface area contributed by atoms with Crippen molar-refractivity contribution in [2.45, 2.75) is 25.5 Å². The summed E-state index contributed by atoms with van der Waals surface area (Å²) in [5, 5.41) is 1.10. The minimum absolute atomic E-state index is 0.234. The molecule has 1 atom stereocenters. The summed E-state index contributed by atoms with van der Waals surface area (Å²) in [7, 11) is 0. The standard InChI is InChI=1S/C25H24N2O2/c26-22(25(28)29-17-19-11-5-2-6-12-19)16-21-20-13-7-8-14-23(20)27-24(21)15-18-9-3-1-4-10-18/h1-14,22,27H,15-17,26H2/t22-/m0/s1. The maximum atomic E-state index is 12.5. The van der Waals surface area contributed by atoms with Gasteiger partial charge in [-0.2, -0.15) is 0 Å². The maximum Gasteiger partial charge on any atom is 0.323 e. The number of esters is 1. The van der Waals surface area contributed by atoms with Gasteiger partial charge in [-0.25, -0.2) is 0 Å². The number of ether oxygens (including phenoxy) is 1. The van der Waals surface area contributed by atoms with Gasteiger partial charge in [-0.3, -0.25) is 4.79 Å². The predicted molar refractivity (Wildman–Crippen MR) is 115 cm³/mol. The van der Waals surface area contributed by atoms with E-state index in [1.165, 1.54) is 5.56 Å². The van der Waals surface area contributed by atoms with E-state index in [2.05, 4.69) is 23.2 Å². The highest BCUT2D eigenvalue weighted by Crippen LogP contribution is 2.26. The SMILES string of the molecule is N[C@@H](Cc1c(Cc2ccccc2)[nH]c2ccccc12)C(=O)OCc1ccccc1. The van der Waals surface area contributed by atoms with Crippen LogP contribution in [0.2, 0.25) is 0 Å². The first-order valence-corrected chi connectivity index (χ1v) is 9.79. The summed E-state index contributed by atoms with van der Waals surface area (Å²) in [6, 6.07) is 27.3. The van der Waals surface area contributed by atoms with E-state index in [9.17, 15) is 4.79 Å². The highest BCUT2D eigenvalue weighted by atomic mass is 16.5. The molecule has 4 rings (SSSR count). The predicted octanol–water partition coefficient (Wildman–Crippen LogP) is 4.37. The number of nitrogens with two attached hydrogens (primary N) is 1. The third kappa shape index (κ3) is 4.55. The Labute approximate surface area is 170 Å². The van der Waals surface area contributed by atoms with Crippen LogP contribution in [-0.2, 0) is 29.0 Å². The van der Waals surface area contributed by atoms with Gasteiger partial charge in [-0.15, -0.1) is 0 Å². The van der Waals surface area contributed by atoms with Crippen LogP contribution in [0.5, 0.6) is 0 Å². The Bertz CT molecular complexity index is 1090. The van der Waals surface area contributed by atoms with Crippen LogP contribution >= 0.6 is 0 Å². The minimum atomic E-state index is -0.715. The first-order valence-electron chi connectivity index (χ1n) is 9.79. The van der Waals surface area contributed by atoms with Gasteiger partial charge in [0.05, 0.1) is 0 Å². The third-order valence-electron chi connectivity index (χ3n) is 5.08. The number of hydrogen-bond donors (Lipinski definition) is 2. The quantitative estimate of drug-likeness (QED) is 0.465. The van der Waals surface area contributed by atoms with Crippen LogP contribution in [0, 0.1) is 0 Å². The molecule has 0 aliphatic carbocycles. The molecule has 4 aromatic rings. The highest BCUT2D eigenvalue weighted by Gasteiger charge is 2.20. The lowest BCUT2D eigenvalue weighted by Gasteiger charge is -2.13. The molecule has 0 fully saturated rings. The summed E-state index contributed by atoms with van der Waals surface area (Å²) in [6.07, 6.45) is 1.19. The van der Waals surface area contributed by atoms with Gasteiger partial charge >= 0.3 is 5.97 Å². The van der Waals surface area contributed by atoms with Crippen molar-refractivity contribution in [2.24, 2.45) is 5.73 Å². The summed E-state index contributed by atoms with van der Waals surface area (Å²) < 4.78 is 5.43. The van der Waals surface area contributed by atoms with E-state index in [4.69, 9.17) is 10.5 Å². The largest absolute Gasteiger partial charge is 0.460 e. The first kappa shape index (κ1) is 19.0. The molecular formula is C25H24N2O2. The molecule has 4 nitrogen and oxygen atoms in total. The summed E-state index contributed by atoms with van der Waals surface area (Å²) in [6.45, 7) is 0.234. The zero-order valence-electron chi connectivity index (χ0n) is 16.2. The van der Waals surface area contributed by atoms with E-state index in [0.717, 1.165) is 34.1 Å². The second-order valence-electron chi connectivity index (χ2n) is 7.19. The first-order chi connectivity index (χ1) is 14.2. The molecule has 0 unspecified atom stereocenters. The van der Waals surface area contributed by atoms with Crippen molar-refractivity contribution < 1.29 is 9.53 Å². The lowest BCUT2D eigenvalue weighted by Crippen LogP contribution is -2.34. The molecule has 0 spiro atoms. The fourth-order valence-electron chi connectivity index (χ4n) is 3.58. The molecule has 0 saturated heterocycles. The topological polar surface area (TPSA) is 68.1 Å². The number of rotatable bonds is 7. The maximum absolute atomic E-state index is 12.5. The number of hydrogen-bond acceptors (Lipinski definition) is 3. The van der Waals surface area contributed by atoms with Crippen molar-refractivity contribution in [1.29, 1.82) is 0 Å². The molecule has 1 aromatic heterocycles. The van der Waals surface area contributed by atoms with E-state index in [1.54, 1.807) is 0 Å². The van der Waals surface area contributed by atoms with Crippen molar-refractivity contribution in [2.75, 3.05) is 0 Å². The number of fused-ring (bicyclic) bond motifs is 1. The van der Waals surface area contributed by atoms with Crippen molar-refractivity contribution in [3.63, 3.8) is 0 Å². The summed E-state index contributed by atoms with van der Waals surface area (Å²) in [5.74, 6) is -0.384. The highest BCUT2D eigenvalue weighted by molar-refractivity contribution is 5.86. The van der Waals surface area contributed by atoms with E-state index in [0.29, 0.717) is 6.42 Å². The fourth-order valence-corrected chi connectivity index (χ4v) is 3.58. The second kappa shape index (κ2) is 8.76. The van der Waals surface area contributed by atoms with Gasteiger partial charge < -0.3 is 15.5 Å². The molecule has 0 aliphatic rings. The second-order valence-corrected chi connectivity index (χ2v) is 7.19. The number of para-hydroxylation sites is 1. The number of nitrogens with one attached hydrogen (secondary N) is 1. The van der Waals surface area contributed by atoms with Gasteiger partial charge in [0.2, 0.25) is 0 Å². The molecule has 1 heterocycles. The normalized spacial score (nSPS) is 12.0. The number of carbonyl (C=O) groups excluding carboxylic acids is 1. The van der Waals surface area contributed by atoms with Crippen LogP contribution in [0.3, 0.4) is 0 Å². The van der Waals surface area contributed by atoms with Crippen LogP contribution < -0.4 is 5.73 Å². The van der Waals surface area contributed by atoms with Gasteiger partial charge in [0.1, 0.15) is 12.6 Å². The average Bonchev–Trinajstić information content (AvgIpc) is 3.10.